The van der Waals surface area contributed by atoms with E-state index in [4.69, 9.17) is 0 Å². The van der Waals surface area contributed by atoms with Crippen molar-refractivity contribution in [2.24, 2.45) is 5.92 Å². The molecule has 1 aromatic rings. The van der Waals surface area contributed by atoms with E-state index in [0.29, 0.717) is 11.7 Å². The maximum absolute atomic E-state index is 12.2. The second-order valence-corrected chi connectivity index (χ2v) is 8.83. The van der Waals surface area contributed by atoms with E-state index in [-0.39, 0.29) is 11.5 Å². The van der Waals surface area contributed by atoms with Crippen molar-refractivity contribution in [2.45, 2.75) is 52.5 Å². The highest BCUT2D eigenvalue weighted by atomic mass is 32.2. The molecule has 0 aliphatic carbocycles. The zero-order valence-electron chi connectivity index (χ0n) is 14.4. The Bertz CT molecular complexity index is 445. The van der Waals surface area contributed by atoms with Gasteiger partial charge in [-0.15, -0.1) is 0 Å². The van der Waals surface area contributed by atoms with E-state index < -0.39 is 10.8 Å². The number of nitrogens with one attached hydrogen (secondary N) is 1. The van der Waals surface area contributed by atoms with Crippen LogP contribution in [0.4, 0.5) is 0 Å². The molecule has 0 saturated carbocycles. The largest absolute Gasteiger partial charge is 0.312 e. The van der Waals surface area contributed by atoms with Gasteiger partial charge in [0.2, 0.25) is 0 Å². The van der Waals surface area contributed by atoms with Crippen molar-refractivity contribution in [2.75, 3.05) is 18.6 Å². The van der Waals surface area contributed by atoms with Crippen LogP contribution < -0.4 is 5.32 Å². The van der Waals surface area contributed by atoms with Gasteiger partial charge >= 0.3 is 0 Å². The minimum absolute atomic E-state index is 0.173. The van der Waals surface area contributed by atoms with Crippen LogP contribution in [0.3, 0.4) is 0 Å². The molecule has 0 amide bonds. The molecule has 0 spiro atoms. The Kier molecular flexibility index (Phi) is 7.08. The summed E-state index contributed by atoms with van der Waals surface area (Å²) in [6, 6.07) is 8.89. The van der Waals surface area contributed by atoms with E-state index in [2.05, 4.69) is 64.2 Å². The minimum atomic E-state index is -0.756. The second kappa shape index (κ2) is 8.09. The summed E-state index contributed by atoms with van der Waals surface area (Å²) in [5.41, 5.74) is 2.73. The molecule has 0 saturated heterocycles. The molecule has 2 atom stereocenters. The Morgan fingerprint density at radius 3 is 2.14 bits per heavy atom. The van der Waals surface area contributed by atoms with Crippen LogP contribution in [0.5, 0.6) is 0 Å². The highest BCUT2D eigenvalue weighted by Crippen LogP contribution is 2.24. The second-order valence-electron chi connectivity index (χ2n) is 7.21. The van der Waals surface area contributed by atoms with Crippen molar-refractivity contribution in [3.8, 4) is 0 Å². The molecular weight excluding hydrogens is 278 g/mol. The summed E-state index contributed by atoms with van der Waals surface area (Å²) in [7, 11) is 1.19. The first-order chi connectivity index (χ1) is 9.74. The maximum Gasteiger partial charge on any atom is 0.0434 e. The lowest BCUT2D eigenvalue weighted by Gasteiger charge is -2.21. The van der Waals surface area contributed by atoms with E-state index >= 15 is 0 Å². The van der Waals surface area contributed by atoms with Gasteiger partial charge in [0.15, 0.2) is 0 Å². The number of hydrogen-bond donors (Lipinski definition) is 1. The van der Waals surface area contributed by atoms with E-state index in [9.17, 15) is 4.21 Å². The Morgan fingerprint density at radius 1 is 1.14 bits per heavy atom. The summed E-state index contributed by atoms with van der Waals surface area (Å²) < 4.78 is 12.2. The molecule has 2 nitrogen and oxygen atoms in total. The van der Waals surface area contributed by atoms with Gasteiger partial charge in [-0.2, -0.15) is 0 Å². The van der Waals surface area contributed by atoms with Gasteiger partial charge in [-0.25, -0.2) is 0 Å². The van der Waals surface area contributed by atoms with Gasteiger partial charge in [-0.1, -0.05) is 58.9 Å². The third-order valence-electron chi connectivity index (χ3n) is 3.80. The Labute approximate surface area is 133 Å². The standard InChI is InChI=1S/C18H31NOS/c1-14(2)11-12-21(20)13-17(19-6)15-7-9-16(10-8-15)18(3,4)5/h7-10,14,17,19H,11-13H2,1-6H3. The molecule has 0 aliphatic rings. The fourth-order valence-corrected chi connectivity index (χ4v) is 3.83. The predicted octanol–water partition coefficient (Wildman–Crippen LogP) is 4.04. The molecular formula is C18H31NOS. The number of rotatable bonds is 7. The molecule has 1 aromatic carbocycles. The first-order valence-corrected chi connectivity index (χ1v) is 9.35. The van der Waals surface area contributed by atoms with E-state index in [1.807, 2.05) is 7.05 Å². The third-order valence-corrected chi connectivity index (χ3v) is 5.20. The van der Waals surface area contributed by atoms with Crippen molar-refractivity contribution in [1.29, 1.82) is 0 Å². The zero-order valence-corrected chi connectivity index (χ0v) is 15.2. The number of benzene rings is 1. The minimum Gasteiger partial charge on any atom is -0.312 e. The smallest absolute Gasteiger partial charge is 0.0434 e. The lowest BCUT2D eigenvalue weighted by molar-refractivity contribution is 0.587. The fourth-order valence-electron chi connectivity index (χ4n) is 2.20. The van der Waals surface area contributed by atoms with Crippen molar-refractivity contribution < 1.29 is 4.21 Å². The highest BCUT2D eigenvalue weighted by Gasteiger charge is 2.16. The molecule has 0 heterocycles. The van der Waals surface area contributed by atoms with Crippen LogP contribution in [0.2, 0.25) is 0 Å². The molecule has 0 aromatic heterocycles. The van der Waals surface area contributed by atoms with Gasteiger partial charge in [0.1, 0.15) is 0 Å². The normalized spacial score (nSPS) is 15.2. The summed E-state index contributed by atoms with van der Waals surface area (Å²) in [6.45, 7) is 11.0. The topological polar surface area (TPSA) is 29.1 Å². The van der Waals surface area contributed by atoms with Crippen LogP contribution in [0.15, 0.2) is 24.3 Å². The fraction of sp³-hybridized carbons (Fsp3) is 0.667. The van der Waals surface area contributed by atoms with Crippen molar-refractivity contribution in [3.05, 3.63) is 35.4 Å². The molecule has 0 aliphatic heterocycles. The summed E-state index contributed by atoms with van der Waals surface area (Å²) in [6.07, 6.45) is 1.03. The quantitative estimate of drug-likeness (QED) is 0.823. The summed E-state index contributed by atoms with van der Waals surface area (Å²) in [4.78, 5) is 0. The van der Waals surface area contributed by atoms with E-state index in [1.165, 1.54) is 11.1 Å². The lowest BCUT2D eigenvalue weighted by Crippen LogP contribution is -2.24. The van der Waals surface area contributed by atoms with Crippen LogP contribution in [-0.2, 0) is 16.2 Å². The first-order valence-electron chi connectivity index (χ1n) is 7.86. The van der Waals surface area contributed by atoms with Gasteiger partial charge in [0, 0.05) is 28.3 Å². The zero-order chi connectivity index (χ0) is 16.0. The molecule has 0 bridgehead atoms. The van der Waals surface area contributed by atoms with Crippen molar-refractivity contribution >= 4 is 10.8 Å². The number of hydrogen-bond acceptors (Lipinski definition) is 2. The molecule has 120 valence electrons. The predicted molar refractivity (Wildman–Crippen MR) is 94.3 cm³/mol. The van der Waals surface area contributed by atoms with Gasteiger partial charge in [0.25, 0.3) is 0 Å². The average molecular weight is 310 g/mol. The van der Waals surface area contributed by atoms with Crippen LogP contribution in [0, 0.1) is 5.92 Å². The van der Waals surface area contributed by atoms with Crippen LogP contribution in [-0.4, -0.2) is 22.8 Å². The lowest BCUT2D eigenvalue weighted by atomic mass is 9.86. The van der Waals surface area contributed by atoms with Crippen molar-refractivity contribution in [3.63, 3.8) is 0 Å². The molecule has 3 heteroatoms. The Hall–Kier alpha value is -0.670. The van der Waals surface area contributed by atoms with Crippen molar-refractivity contribution in [1.82, 2.24) is 5.32 Å². The monoisotopic (exact) mass is 309 g/mol. The third kappa shape index (κ3) is 6.31. The molecule has 2 unspecified atom stereocenters. The Morgan fingerprint density at radius 2 is 1.71 bits per heavy atom. The van der Waals surface area contributed by atoms with Gasteiger partial charge < -0.3 is 5.32 Å². The van der Waals surface area contributed by atoms with Gasteiger partial charge in [0.05, 0.1) is 0 Å². The highest BCUT2D eigenvalue weighted by molar-refractivity contribution is 7.85. The van der Waals surface area contributed by atoms with E-state index in [0.717, 1.165) is 12.2 Å². The van der Waals surface area contributed by atoms with Gasteiger partial charge in [-0.05, 0) is 35.9 Å². The maximum atomic E-state index is 12.2. The Balaban J connectivity index is 2.70. The van der Waals surface area contributed by atoms with Crippen LogP contribution >= 0.6 is 0 Å². The SMILES string of the molecule is CNC(CS(=O)CCC(C)C)c1ccc(C(C)(C)C)cc1. The molecule has 0 radical (unpaired) electrons. The molecule has 1 N–H and O–H groups in total. The molecule has 1 rings (SSSR count). The summed E-state index contributed by atoms with van der Waals surface area (Å²) >= 11 is 0. The van der Waals surface area contributed by atoms with Crippen LogP contribution in [0.1, 0.15) is 58.2 Å². The molecule has 21 heavy (non-hydrogen) atoms. The van der Waals surface area contributed by atoms with E-state index in [1.54, 1.807) is 0 Å². The summed E-state index contributed by atoms with van der Waals surface area (Å²) in [5.74, 6) is 2.11. The van der Waals surface area contributed by atoms with Gasteiger partial charge in [-0.3, -0.25) is 4.21 Å². The summed E-state index contributed by atoms with van der Waals surface area (Å²) in [5, 5.41) is 3.30. The van der Waals surface area contributed by atoms with Crippen LogP contribution in [0.25, 0.3) is 0 Å². The first kappa shape index (κ1) is 18.4. The molecule has 0 fully saturated rings. The average Bonchev–Trinajstić information content (AvgIpc) is 2.41.